The van der Waals surface area contributed by atoms with Crippen LogP contribution >= 0.6 is 0 Å². The lowest BCUT2D eigenvalue weighted by Crippen LogP contribution is -2.03. The van der Waals surface area contributed by atoms with Crippen LogP contribution in [-0.2, 0) is 0 Å². The van der Waals surface area contributed by atoms with Crippen molar-refractivity contribution >= 4 is 5.69 Å². The number of unbranched alkanes of at least 4 members (excludes halogenated alkanes) is 2. The van der Waals surface area contributed by atoms with Crippen LogP contribution in [0, 0.1) is 0 Å². The van der Waals surface area contributed by atoms with Gasteiger partial charge in [-0.05, 0) is 18.6 Å². The SMILES string of the molecule is CCCCCNc1ccc(-n2cncn2)nc1. The summed E-state index contributed by atoms with van der Waals surface area (Å²) in [6.45, 7) is 3.20. The van der Waals surface area contributed by atoms with Crippen molar-refractivity contribution in [3.8, 4) is 5.82 Å². The van der Waals surface area contributed by atoms with Crippen molar-refractivity contribution in [3.63, 3.8) is 0 Å². The number of aromatic nitrogens is 4. The van der Waals surface area contributed by atoms with Gasteiger partial charge in [0, 0.05) is 6.54 Å². The summed E-state index contributed by atoms with van der Waals surface area (Å²) in [7, 11) is 0. The van der Waals surface area contributed by atoms with Crippen LogP contribution in [0.25, 0.3) is 5.82 Å². The predicted molar refractivity (Wildman–Crippen MR) is 67.2 cm³/mol. The first-order valence-electron chi connectivity index (χ1n) is 5.95. The lowest BCUT2D eigenvalue weighted by Gasteiger charge is -2.06. The minimum absolute atomic E-state index is 0.779. The Morgan fingerprint density at radius 3 is 2.88 bits per heavy atom. The van der Waals surface area contributed by atoms with E-state index in [-0.39, 0.29) is 0 Å². The second kappa shape index (κ2) is 5.98. The van der Waals surface area contributed by atoms with Gasteiger partial charge in [0.15, 0.2) is 5.82 Å². The Hall–Kier alpha value is -1.91. The maximum absolute atomic E-state index is 4.32. The van der Waals surface area contributed by atoms with Crippen molar-refractivity contribution in [2.75, 3.05) is 11.9 Å². The molecule has 0 saturated heterocycles. The van der Waals surface area contributed by atoms with E-state index in [1.807, 2.05) is 18.3 Å². The summed E-state index contributed by atoms with van der Waals surface area (Å²) in [6.07, 6.45) is 8.65. The van der Waals surface area contributed by atoms with Gasteiger partial charge in [-0.25, -0.2) is 14.6 Å². The maximum atomic E-state index is 4.32. The maximum Gasteiger partial charge on any atom is 0.155 e. The lowest BCUT2D eigenvalue weighted by atomic mass is 10.2. The van der Waals surface area contributed by atoms with Crippen molar-refractivity contribution in [2.24, 2.45) is 0 Å². The molecular weight excluding hydrogens is 214 g/mol. The van der Waals surface area contributed by atoms with E-state index < -0.39 is 0 Å². The zero-order valence-electron chi connectivity index (χ0n) is 10.0. The van der Waals surface area contributed by atoms with Gasteiger partial charge < -0.3 is 5.32 Å². The molecule has 0 amide bonds. The molecule has 0 aliphatic carbocycles. The summed E-state index contributed by atoms with van der Waals surface area (Å²) in [4.78, 5) is 8.21. The fourth-order valence-corrected chi connectivity index (χ4v) is 1.56. The number of nitrogens with zero attached hydrogens (tertiary/aromatic N) is 4. The molecule has 0 aliphatic rings. The quantitative estimate of drug-likeness (QED) is 0.775. The first-order valence-corrected chi connectivity index (χ1v) is 5.95. The van der Waals surface area contributed by atoms with Crippen molar-refractivity contribution in [1.82, 2.24) is 19.7 Å². The average Bonchev–Trinajstić information content (AvgIpc) is 2.89. The zero-order chi connectivity index (χ0) is 11.9. The fraction of sp³-hybridized carbons (Fsp3) is 0.417. The third-order valence-electron chi connectivity index (χ3n) is 2.51. The Morgan fingerprint density at radius 1 is 1.29 bits per heavy atom. The number of hydrogen-bond acceptors (Lipinski definition) is 4. The van der Waals surface area contributed by atoms with E-state index in [1.54, 1.807) is 11.0 Å². The Bertz CT molecular complexity index is 421. The van der Waals surface area contributed by atoms with Crippen LogP contribution in [0.15, 0.2) is 31.0 Å². The van der Waals surface area contributed by atoms with Gasteiger partial charge in [0.25, 0.3) is 0 Å². The van der Waals surface area contributed by atoms with Gasteiger partial charge in [-0.3, -0.25) is 0 Å². The molecule has 0 radical (unpaired) electrons. The molecule has 0 unspecified atom stereocenters. The summed E-state index contributed by atoms with van der Waals surface area (Å²) in [5.74, 6) is 0.779. The van der Waals surface area contributed by atoms with Crippen LogP contribution in [0.4, 0.5) is 5.69 Å². The summed E-state index contributed by atoms with van der Waals surface area (Å²) in [5.41, 5.74) is 1.05. The standard InChI is InChI=1S/C12H17N5/c1-2-3-4-7-14-11-5-6-12(15-8-11)17-10-13-9-16-17/h5-6,8-10,14H,2-4,7H2,1H3. The van der Waals surface area contributed by atoms with Crippen molar-refractivity contribution in [3.05, 3.63) is 31.0 Å². The molecule has 0 aromatic carbocycles. The Morgan fingerprint density at radius 2 is 2.24 bits per heavy atom. The average molecular weight is 231 g/mol. The summed E-state index contributed by atoms with van der Waals surface area (Å²) < 4.78 is 1.64. The molecule has 0 aliphatic heterocycles. The Balaban J connectivity index is 1.90. The Kier molecular flexibility index (Phi) is 4.07. The largest absolute Gasteiger partial charge is 0.384 e. The van der Waals surface area contributed by atoms with Gasteiger partial charge in [0.1, 0.15) is 12.7 Å². The molecule has 0 fully saturated rings. The van der Waals surface area contributed by atoms with Crippen LogP contribution in [0.2, 0.25) is 0 Å². The van der Waals surface area contributed by atoms with E-state index in [4.69, 9.17) is 0 Å². The fourth-order valence-electron chi connectivity index (χ4n) is 1.56. The molecule has 2 aromatic heterocycles. The van der Waals surface area contributed by atoms with Crippen molar-refractivity contribution in [1.29, 1.82) is 0 Å². The van der Waals surface area contributed by atoms with Crippen LogP contribution in [0.5, 0.6) is 0 Å². The number of pyridine rings is 1. The molecule has 2 aromatic rings. The number of rotatable bonds is 6. The number of hydrogen-bond donors (Lipinski definition) is 1. The Labute approximate surface area is 101 Å². The third-order valence-corrected chi connectivity index (χ3v) is 2.51. The van der Waals surface area contributed by atoms with E-state index in [0.29, 0.717) is 0 Å². The van der Waals surface area contributed by atoms with E-state index in [9.17, 15) is 0 Å². The molecule has 2 rings (SSSR count). The highest BCUT2D eigenvalue weighted by Crippen LogP contribution is 2.08. The monoisotopic (exact) mass is 231 g/mol. The molecule has 0 spiro atoms. The van der Waals surface area contributed by atoms with Crippen LogP contribution in [0.1, 0.15) is 26.2 Å². The molecule has 5 nitrogen and oxygen atoms in total. The first-order chi connectivity index (χ1) is 8.40. The minimum Gasteiger partial charge on any atom is -0.384 e. The highest BCUT2D eigenvalue weighted by molar-refractivity contribution is 5.43. The van der Waals surface area contributed by atoms with Gasteiger partial charge in [0.2, 0.25) is 0 Å². The van der Waals surface area contributed by atoms with E-state index in [2.05, 4.69) is 27.3 Å². The van der Waals surface area contributed by atoms with E-state index >= 15 is 0 Å². The number of nitrogens with one attached hydrogen (secondary N) is 1. The molecule has 90 valence electrons. The van der Waals surface area contributed by atoms with Gasteiger partial charge >= 0.3 is 0 Å². The van der Waals surface area contributed by atoms with Gasteiger partial charge in [-0.2, -0.15) is 5.10 Å². The van der Waals surface area contributed by atoms with Crippen molar-refractivity contribution in [2.45, 2.75) is 26.2 Å². The summed E-state index contributed by atoms with van der Waals surface area (Å²) in [6, 6.07) is 3.94. The first kappa shape index (κ1) is 11.6. The van der Waals surface area contributed by atoms with Crippen LogP contribution < -0.4 is 5.32 Å². The molecule has 0 bridgehead atoms. The molecule has 0 atom stereocenters. The van der Waals surface area contributed by atoms with Crippen LogP contribution in [0.3, 0.4) is 0 Å². The second-order valence-corrected chi connectivity index (χ2v) is 3.88. The molecule has 1 N–H and O–H groups in total. The van der Waals surface area contributed by atoms with Crippen LogP contribution in [-0.4, -0.2) is 26.3 Å². The van der Waals surface area contributed by atoms with E-state index in [0.717, 1.165) is 18.1 Å². The second-order valence-electron chi connectivity index (χ2n) is 3.88. The topological polar surface area (TPSA) is 55.6 Å². The molecule has 0 saturated carbocycles. The molecule has 2 heterocycles. The number of anilines is 1. The highest BCUT2D eigenvalue weighted by Gasteiger charge is 1.98. The third kappa shape index (κ3) is 3.27. The smallest absolute Gasteiger partial charge is 0.155 e. The minimum atomic E-state index is 0.779. The zero-order valence-corrected chi connectivity index (χ0v) is 10.0. The van der Waals surface area contributed by atoms with Gasteiger partial charge in [-0.15, -0.1) is 0 Å². The van der Waals surface area contributed by atoms with Gasteiger partial charge in [-0.1, -0.05) is 19.8 Å². The van der Waals surface area contributed by atoms with Crippen molar-refractivity contribution < 1.29 is 0 Å². The van der Waals surface area contributed by atoms with E-state index in [1.165, 1.54) is 25.6 Å². The summed E-state index contributed by atoms with van der Waals surface area (Å²) >= 11 is 0. The van der Waals surface area contributed by atoms with Gasteiger partial charge in [0.05, 0.1) is 11.9 Å². The molecule has 17 heavy (non-hydrogen) atoms. The highest BCUT2D eigenvalue weighted by atomic mass is 15.3. The molecule has 5 heteroatoms. The normalized spacial score (nSPS) is 10.4. The lowest BCUT2D eigenvalue weighted by molar-refractivity contribution is 0.743. The molecular formula is C12H17N5. The summed E-state index contributed by atoms with van der Waals surface area (Å²) in [5, 5.41) is 7.37. The predicted octanol–water partition coefficient (Wildman–Crippen LogP) is 2.26.